The zero-order chi connectivity index (χ0) is 29.6. The lowest BCUT2D eigenvalue weighted by atomic mass is 9.87. The molecule has 0 radical (unpaired) electrons. The van der Waals surface area contributed by atoms with Crippen molar-refractivity contribution in [2.75, 3.05) is 10.2 Å². The first-order valence-electron chi connectivity index (χ1n) is 14.6. The Bertz CT molecular complexity index is 1960. The van der Waals surface area contributed by atoms with Gasteiger partial charge < -0.3 is 5.32 Å². The standard InChI is InChI=1S/C39H32BrN3/c1-39(2,3)28-19-20-41-38(23-28)43-36-16-10-9-15-34(36)32-13-7-8-14-33(32)35-18-17-30(25-37(35)43)42-31-22-27(21-29(40)24-31)26-11-5-4-6-12-26/h4-25,42H,1-3H3. The molecule has 1 aliphatic heterocycles. The van der Waals surface area contributed by atoms with Crippen molar-refractivity contribution in [1.82, 2.24) is 4.98 Å². The number of nitrogens with zero attached hydrogens (tertiary/aromatic N) is 2. The van der Waals surface area contributed by atoms with Crippen LogP contribution in [0.1, 0.15) is 26.3 Å². The maximum Gasteiger partial charge on any atom is 0.137 e. The summed E-state index contributed by atoms with van der Waals surface area (Å²) in [4.78, 5) is 7.27. The monoisotopic (exact) mass is 621 g/mol. The highest BCUT2D eigenvalue weighted by molar-refractivity contribution is 9.10. The molecule has 0 bridgehead atoms. The average molecular weight is 623 g/mol. The number of fused-ring (bicyclic) bond motifs is 5. The van der Waals surface area contributed by atoms with Crippen molar-refractivity contribution < 1.29 is 0 Å². The second-order valence-corrected chi connectivity index (χ2v) is 12.9. The molecule has 3 nitrogen and oxygen atoms in total. The van der Waals surface area contributed by atoms with E-state index in [0.29, 0.717) is 0 Å². The number of nitrogens with one attached hydrogen (secondary N) is 1. The maximum atomic E-state index is 4.95. The highest BCUT2D eigenvalue weighted by atomic mass is 79.9. The van der Waals surface area contributed by atoms with Gasteiger partial charge in [0, 0.05) is 33.2 Å². The Morgan fingerprint density at radius 2 is 1.26 bits per heavy atom. The van der Waals surface area contributed by atoms with Gasteiger partial charge in [0.15, 0.2) is 0 Å². The first kappa shape index (κ1) is 27.2. The van der Waals surface area contributed by atoms with Gasteiger partial charge in [0.2, 0.25) is 0 Å². The number of halogens is 1. The van der Waals surface area contributed by atoms with Gasteiger partial charge >= 0.3 is 0 Å². The Hall–Kier alpha value is -4.67. The fourth-order valence-electron chi connectivity index (χ4n) is 5.88. The fourth-order valence-corrected chi connectivity index (χ4v) is 6.37. The normalized spacial score (nSPS) is 12.1. The predicted octanol–water partition coefficient (Wildman–Crippen LogP) is 11.7. The van der Waals surface area contributed by atoms with Gasteiger partial charge in [-0.1, -0.05) is 116 Å². The summed E-state index contributed by atoms with van der Waals surface area (Å²) < 4.78 is 1.03. The minimum absolute atomic E-state index is 0.00455. The number of aromatic nitrogens is 1. The van der Waals surface area contributed by atoms with Crippen LogP contribution in [-0.2, 0) is 5.41 Å². The molecule has 0 spiro atoms. The summed E-state index contributed by atoms with van der Waals surface area (Å²) in [6.07, 6.45) is 1.94. The van der Waals surface area contributed by atoms with Crippen molar-refractivity contribution in [2.24, 2.45) is 0 Å². The van der Waals surface area contributed by atoms with Gasteiger partial charge in [0.25, 0.3) is 0 Å². The average Bonchev–Trinajstić information content (AvgIpc) is 3.13. The molecule has 5 aromatic carbocycles. The van der Waals surface area contributed by atoms with Gasteiger partial charge in [-0.2, -0.15) is 0 Å². The molecule has 210 valence electrons. The van der Waals surface area contributed by atoms with Crippen LogP contribution in [0.2, 0.25) is 0 Å². The van der Waals surface area contributed by atoms with Crippen LogP contribution >= 0.6 is 15.9 Å². The van der Waals surface area contributed by atoms with Crippen LogP contribution in [0.4, 0.5) is 28.6 Å². The molecule has 0 saturated heterocycles. The smallest absolute Gasteiger partial charge is 0.137 e. The second kappa shape index (κ2) is 10.9. The number of rotatable bonds is 4. The SMILES string of the molecule is CC(C)(C)c1ccnc(N2c3ccccc3-c3ccccc3-c3ccc(Nc4cc(Br)cc(-c5ccccc5)c4)cc32)c1. The zero-order valence-corrected chi connectivity index (χ0v) is 26.1. The molecule has 0 unspecified atom stereocenters. The predicted molar refractivity (Wildman–Crippen MR) is 185 cm³/mol. The van der Waals surface area contributed by atoms with Gasteiger partial charge in [-0.25, -0.2) is 4.98 Å². The third kappa shape index (κ3) is 5.24. The fraction of sp³-hybridized carbons (Fsp3) is 0.103. The minimum Gasteiger partial charge on any atom is -0.355 e. The molecule has 1 N–H and O–H groups in total. The molecule has 7 rings (SSSR count). The molecule has 1 aliphatic rings. The summed E-state index contributed by atoms with van der Waals surface area (Å²) in [6, 6.07) is 45.3. The molecule has 0 fully saturated rings. The Morgan fingerprint density at radius 3 is 2.00 bits per heavy atom. The van der Waals surface area contributed by atoms with Crippen LogP contribution in [0, 0.1) is 0 Å². The van der Waals surface area contributed by atoms with E-state index in [1.165, 1.54) is 33.4 Å². The first-order chi connectivity index (χ1) is 20.8. The van der Waals surface area contributed by atoms with E-state index in [1.807, 2.05) is 12.3 Å². The number of hydrogen-bond acceptors (Lipinski definition) is 3. The Kier molecular flexibility index (Phi) is 6.87. The molecule has 6 aromatic rings. The number of para-hydroxylation sites is 1. The van der Waals surface area contributed by atoms with Crippen LogP contribution in [0.15, 0.2) is 138 Å². The summed E-state index contributed by atoms with van der Waals surface area (Å²) in [5, 5.41) is 3.70. The lowest BCUT2D eigenvalue weighted by molar-refractivity contribution is 0.589. The molecular weight excluding hydrogens is 590 g/mol. The second-order valence-electron chi connectivity index (χ2n) is 12.0. The summed E-state index contributed by atoms with van der Waals surface area (Å²) in [7, 11) is 0. The summed E-state index contributed by atoms with van der Waals surface area (Å²) in [6.45, 7) is 6.74. The quantitative estimate of drug-likeness (QED) is 0.212. The van der Waals surface area contributed by atoms with E-state index in [2.05, 4.69) is 168 Å². The van der Waals surface area contributed by atoms with Crippen molar-refractivity contribution in [3.63, 3.8) is 0 Å². The maximum absolute atomic E-state index is 4.95. The number of hydrogen-bond donors (Lipinski definition) is 1. The third-order valence-corrected chi connectivity index (χ3v) is 8.48. The van der Waals surface area contributed by atoms with Gasteiger partial charge in [-0.3, -0.25) is 4.90 Å². The lowest BCUT2D eigenvalue weighted by Gasteiger charge is -2.28. The molecule has 0 saturated carbocycles. The molecule has 0 aliphatic carbocycles. The Balaban J connectivity index is 1.41. The van der Waals surface area contributed by atoms with Crippen molar-refractivity contribution >= 4 is 44.5 Å². The van der Waals surface area contributed by atoms with Crippen molar-refractivity contribution in [3.05, 3.63) is 144 Å². The van der Waals surface area contributed by atoms with E-state index in [4.69, 9.17) is 4.98 Å². The van der Waals surface area contributed by atoms with Crippen molar-refractivity contribution in [1.29, 1.82) is 0 Å². The van der Waals surface area contributed by atoms with Crippen LogP contribution in [-0.4, -0.2) is 4.98 Å². The van der Waals surface area contributed by atoms with Gasteiger partial charge in [0.1, 0.15) is 5.82 Å². The van der Waals surface area contributed by atoms with Crippen LogP contribution < -0.4 is 10.2 Å². The van der Waals surface area contributed by atoms with Crippen LogP contribution in [0.25, 0.3) is 33.4 Å². The largest absolute Gasteiger partial charge is 0.355 e. The van der Waals surface area contributed by atoms with Crippen molar-refractivity contribution in [2.45, 2.75) is 26.2 Å². The van der Waals surface area contributed by atoms with E-state index in [1.54, 1.807) is 0 Å². The third-order valence-electron chi connectivity index (χ3n) is 8.03. The molecule has 0 atom stereocenters. The molecular formula is C39H32BrN3. The van der Waals surface area contributed by atoms with Gasteiger partial charge in [-0.15, -0.1) is 0 Å². The summed E-state index contributed by atoms with van der Waals surface area (Å²) >= 11 is 3.74. The molecule has 1 aromatic heterocycles. The molecule has 0 amide bonds. The summed E-state index contributed by atoms with van der Waals surface area (Å²) in [5.41, 5.74) is 12.6. The van der Waals surface area contributed by atoms with E-state index in [0.717, 1.165) is 38.6 Å². The highest BCUT2D eigenvalue weighted by Gasteiger charge is 2.27. The summed E-state index contributed by atoms with van der Waals surface area (Å²) in [5.74, 6) is 0.903. The highest BCUT2D eigenvalue weighted by Crippen LogP contribution is 2.51. The topological polar surface area (TPSA) is 28.2 Å². The Morgan fingerprint density at radius 1 is 0.581 bits per heavy atom. The molecule has 43 heavy (non-hydrogen) atoms. The van der Waals surface area contributed by atoms with E-state index >= 15 is 0 Å². The lowest BCUT2D eigenvalue weighted by Crippen LogP contribution is -2.16. The van der Waals surface area contributed by atoms with Crippen molar-refractivity contribution in [3.8, 4) is 33.4 Å². The number of anilines is 5. The molecule has 4 heteroatoms. The molecule has 2 heterocycles. The van der Waals surface area contributed by atoms with E-state index < -0.39 is 0 Å². The van der Waals surface area contributed by atoms with E-state index in [-0.39, 0.29) is 5.41 Å². The first-order valence-corrected chi connectivity index (χ1v) is 15.4. The zero-order valence-electron chi connectivity index (χ0n) is 24.5. The Labute approximate surface area is 262 Å². The number of benzene rings is 5. The van der Waals surface area contributed by atoms with Crippen LogP contribution in [0.5, 0.6) is 0 Å². The van der Waals surface area contributed by atoms with Crippen LogP contribution in [0.3, 0.4) is 0 Å². The minimum atomic E-state index is -0.00455. The van der Waals surface area contributed by atoms with Gasteiger partial charge in [-0.05, 0) is 81.8 Å². The van der Waals surface area contributed by atoms with Gasteiger partial charge in [0.05, 0.1) is 11.4 Å². The van der Waals surface area contributed by atoms with E-state index in [9.17, 15) is 0 Å². The number of pyridine rings is 1.